The molecule has 0 radical (unpaired) electrons. The molecule has 0 aromatic heterocycles. The van der Waals surface area contributed by atoms with Gasteiger partial charge in [0.2, 0.25) is 0 Å². The Morgan fingerprint density at radius 3 is 2.36 bits per heavy atom. The molecule has 1 aliphatic carbocycles. The molecule has 2 rings (SSSR count). The van der Waals surface area contributed by atoms with E-state index < -0.39 is 0 Å². The fourth-order valence-corrected chi connectivity index (χ4v) is 3.84. The largest absolute Gasteiger partial charge is 0.496 e. The van der Waals surface area contributed by atoms with Crippen LogP contribution in [0.3, 0.4) is 0 Å². The van der Waals surface area contributed by atoms with Crippen LogP contribution in [0.1, 0.15) is 36.0 Å². The summed E-state index contributed by atoms with van der Waals surface area (Å²) >= 11 is 3.45. The number of ether oxygens (including phenoxy) is 1. The second-order valence-electron chi connectivity index (χ2n) is 6.15. The van der Waals surface area contributed by atoms with Crippen LogP contribution in [0, 0.1) is 0 Å². The number of methoxy groups -OCH3 is 1. The molecule has 1 saturated carbocycles. The summed E-state index contributed by atoms with van der Waals surface area (Å²) in [7, 11) is 7.75. The van der Waals surface area contributed by atoms with E-state index in [4.69, 9.17) is 4.74 Å². The van der Waals surface area contributed by atoms with Crippen LogP contribution in [-0.4, -0.2) is 56.0 Å². The van der Waals surface area contributed by atoms with Gasteiger partial charge in [-0.25, -0.2) is 0 Å². The lowest BCUT2D eigenvalue weighted by Crippen LogP contribution is -2.51. The van der Waals surface area contributed by atoms with Gasteiger partial charge in [-0.3, -0.25) is 4.79 Å². The summed E-state index contributed by atoms with van der Waals surface area (Å²) in [6.07, 6.45) is 4.67. The van der Waals surface area contributed by atoms with Gasteiger partial charge in [-0.2, -0.15) is 0 Å². The standard InChI is InChI=1S/C17H25BrN2O2/c1-19(2)14-7-5-6-8-15(14)20(3)17(21)12-9-10-16(22-4)13(18)11-12/h9-11,14-15H,5-8H2,1-4H3. The van der Waals surface area contributed by atoms with Crippen molar-refractivity contribution < 1.29 is 9.53 Å². The molecule has 4 nitrogen and oxygen atoms in total. The van der Waals surface area contributed by atoms with E-state index in [2.05, 4.69) is 34.9 Å². The van der Waals surface area contributed by atoms with Crippen molar-refractivity contribution in [1.82, 2.24) is 9.80 Å². The van der Waals surface area contributed by atoms with Crippen molar-refractivity contribution in [1.29, 1.82) is 0 Å². The first-order valence-corrected chi connectivity index (χ1v) is 8.52. The fourth-order valence-electron chi connectivity index (χ4n) is 3.30. The minimum absolute atomic E-state index is 0.0714. The van der Waals surface area contributed by atoms with Gasteiger partial charge >= 0.3 is 0 Å². The van der Waals surface area contributed by atoms with Crippen LogP contribution >= 0.6 is 15.9 Å². The van der Waals surface area contributed by atoms with Crippen LogP contribution < -0.4 is 4.74 Å². The molecule has 5 heteroatoms. The molecule has 1 fully saturated rings. The van der Waals surface area contributed by atoms with E-state index in [-0.39, 0.29) is 11.9 Å². The molecule has 122 valence electrons. The van der Waals surface area contributed by atoms with Crippen molar-refractivity contribution in [3.8, 4) is 5.75 Å². The average Bonchev–Trinajstić information content (AvgIpc) is 2.53. The summed E-state index contributed by atoms with van der Waals surface area (Å²) in [5.41, 5.74) is 0.693. The number of amides is 1. The number of likely N-dealkylation sites (N-methyl/N-ethyl adjacent to an activating group) is 2. The van der Waals surface area contributed by atoms with Gasteiger partial charge in [-0.1, -0.05) is 12.8 Å². The molecule has 1 aromatic rings. The lowest BCUT2D eigenvalue weighted by molar-refractivity contribution is 0.0544. The van der Waals surface area contributed by atoms with Crippen LogP contribution in [0.25, 0.3) is 0 Å². The van der Waals surface area contributed by atoms with Crippen LogP contribution in [0.5, 0.6) is 5.75 Å². The minimum atomic E-state index is 0.0714. The minimum Gasteiger partial charge on any atom is -0.496 e. The van der Waals surface area contributed by atoms with Crippen molar-refractivity contribution in [2.45, 2.75) is 37.8 Å². The number of hydrogen-bond acceptors (Lipinski definition) is 3. The Bertz CT molecular complexity index is 533. The average molecular weight is 369 g/mol. The van der Waals surface area contributed by atoms with Crippen molar-refractivity contribution in [3.05, 3.63) is 28.2 Å². The molecular weight excluding hydrogens is 344 g/mol. The van der Waals surface area contributed by atoms with E-state index in [1.54, 1.807) is 7.11 Å². The predicted molar refractivity (Wildman–Crippen MR) is 92.5 cm³/mol. The van der Waals surface area contributed by atoms with Gasteiger partial charge in [0, 0.05) is 24.7 Å². The number of hydrogen-bond donors (Lipinski definition) is 0. The zero-order valence-corrected chi connectivity index (χ0v) is 15.4. The highest BCUT2D eigenvalue weighted by atomic mass is 79.9. The number of carbonyl (C=O) groups is 1. The first kappa shape index (κ1) is 17.3. The monoisotopic (exact) mass is 368 g/mol. The highest BCUT2D eigenvalue weighted by molar-refractivity contribution is 9.10. The Morgan fingerprint density at radius 1 is 1.18 bits per heavy atom. The Labute approximate surface area is 141 Å². The molecule has 0 aliphatic heterocycles. The van der Waals surface area contributed by atoms with Crippen molar-refractivity contribution in [2.75, 3.05) is 28.3 Å². The normalized spacial score (nSPS) is 21.7. The van der Waals surface area contributed by atoms with Gasteiger partial charge in [-0.05, 0) is 61.1 Å². The van der Waals surface area contributed by atoms with E-state index in [0.29, 0.717) is 11.6 Å². The molecule has 1 amide bonds. The summed E-state index contributed by atoms with van der Waals surface area (Å²) in [5.74, 6) is 0.810. The summed E-state index contributed by atoms with van der Waals surface area (Å²) < 4.78 is 6.03. The predicted octanol–water partition coefficient (Wildman–Crippen LogP) is 3.40. The van der Waals surface area contributed by atoms with E-state index in [1.807, 2.05) is 30.1 Å². The van der Waals surface area contributed by atoms with Gasteiger partial charge in [0.05, 0.1) is 11.6 Å². The smallest absolute Gasteiger partial charge is 0.253 e. The number of rotatable bonds is 4. The SMILES string of the molecule is COc1ccc(C(=O)N(C)C2CCCCC2N(C)C)cc1Br. The Balaban J connectivity index is 2.18. The van der Waals surface area contributed by atoms with Crippen molar-refractivity contribution >= 4 is 21.8 Å². The van der Waals surface area contributed by atoms with E-state index in [1.165, 1.54) is 12.8 Å². The third-order valence-corrected chi connectivity index (χ3v) is 5.19. The molecule has 1 aliphatic rings. The summed E-state index contributed by atoms with van der Waals surface area (Å²) in [6, 6.07) is 6.21. The molecule has 2 unspecified atom stereocenters. The highest BCUT2D eigenvalue weighted by Crippen LogP contribution is 2.29. The first-order valence-electron chi connectivity index (χ1n) is 7.72. The Morgan fingerprint density at radius 2 is 1.82 bits per heavy atom. The maximum atomic E-state index is 12.8. The topological polar surface area (TPSA) is 32.8 Å². The highest BCUT2D eigenvalue weighted by Gasteiger charge is 2.32. The van der Waals surface area contributed by atoms with Gasteiger partial charge in [-0.15, -0.1) is 0 Å². The molecular formula is C17H25BrN2O2. The Kier molecular flexibility index (Phi) is 5.87. The van der Waals surface area contributed by atoms with Crippen molar-refractivity contribution in [3.63, 3.8) is 0 Å². The maximum Gasteiger partial charge on any atom is 0.253 e. The Hall–Kier alpha value is -1.07. The van der Waals surface area contributed by atoms with E-state index >= 15 is 0 Å². The molecule has 0 heterocycles. The van der Waals surface area contributed by atoms with Crippen LogP contribution in [0.4, 0.5) is 0 Å². The summed E-state index contributed by atoms with van der Waals surface area (Å²) in [6.45, 7) is 0. The molecule has 0 bridgehead atoms. The number of benzene rings is 1. The number of carbonyl (C=O) groups excluding carboxylic acids is 1. The zero-order valence-electron chi connectivity index (χ0n) is 13.8. The third kappa shape index (κ3) is 3.63. The molecule has 0 saturated heterocycles. The van der Waals surface area contributed by atoms with Gasteiger partial charge < -0.3 is 14.5 Å². The second kappa shape index (κ2) is 7.47. The van der Waals surface area contributed by atoms with Crippen LogP contribution in [0.15, 0.2) is 22.7 Å². The van der Waals surface area contributed by atoms with Crippen LogP contribution in [0.2, 0.25) is 0 Å². The molecule has 0 spiro atoms. The number of nitrogens with zero attached hydrogens (tertiary/aromatic N) is 2. The van der Waals surface area contributed by atoms with E-state index in [9.17, 15) is 4.79 Å². The molecule has 2 atom stereocenters. The van der Waals surface area contributed by atoms with E-state index in [0.717, 1.165) is 23.1 Å². The maximum absolute atomic E-state index is 12.8. The summed E-state index contributed by atoms with van der Waals surface area (Å²) in [4.78, 5) is 17.0. The fraction of sp³-hybridized carbons (Fsp3) is 0.588. The zero-order chi connectivity index (χ0) is 16.3. The summed E-state index contributed by atoms with van der Waals surface area (Å²) in [5, 5.41) is 0. The molecule has 0 N–H and O–H groups in total. The molecule has 1 aromatic carbocycles. The molecule has 22 heavy (non-hydrogen) atoms. The van der Waals surface area contributed by atoms with Gasteiger partial charge in [0.25, 0.3) is 5.91 Å². The number of halogens is 1. The first-order chi connectivity index (χ1) is 10.5. The van der Waals surface area contributed by atoms with Crippen molar-refractivity contribution in [2.24, 2.45) is 0 Å². The van der Waals surface area contributed by atoms with Gasteiger partial charge in [0.1, 0.15) is 5.75 Å². The van der Waals surface area contributed by atoms with Crippen LogP contribution in [-0.2, 0) is 0 Å². The second-order valence-corrected chi connectivity index (χ2v) is 7.00. The van der Waals surface area contributed by atoms with Gasteiger partial charge in [0.15, 0.2) is 0 Å². The lowest BCUT2D eigenvalue weighted by atomic mass is 9.88. The third-order valence-electron chi connectivity index (χ3n) is 4.57. The lowest BCUT2D eigenvalue weighted by Gasteiger charge is -2.41. The quantitative estimate of drug-likeness (QED) is 0.816.